The Hall–Kier alpha value is -1.84. The molecule has 0 fully saturated rings. The average molecular weight is 207 g/mol. The van der Waals surface area contributed by atoms with Crippen LogP contribution in [-0.2, 0) is 9.63 Å². The van der Waals surface area contributed by atoms with E-state index in [9.17, 15) is 4.79 Å². The second-order valence-corrected chi connectivity index (χ2v) is 2.84. The van der Waals surface area contributed by atoms with Gasteiger partial charge in [0, 0.05) is 0 Å². The summed E-state index contributed by atoms with van der Waals surface area (Å²) in [4.78, 5) is 15.8. The van der Waals surface area contributed by atoms with Crippen LogP contribution in [0.5, 0.6) is 5.75 Å². The number of carbonyl (C=O) groups is 1. The van der Waals surface area contributed by atoms with Crippen molar-refractivity contribution in [1.29, 1.82) is 0 Å². The van der Waals surface area contributed by atoms with Crippen molar-refractivity contribution >= 4 is 12.2 Å². The highest BCUT2D eigenvalue weighted by atomic mass is 16.6. The minimum atomic E-state index is -0.544. The van der Waals surface area contributed by atoms with E-state index in [-0.39, 0.29) is 0 Å². The number of esters is 1. The number of para-hydroxylation sites is 1. The highest BCUT2D eigenvalue weighted by Crippen LogP contribution is 2.15. The minimum absolute atomic E-state index is 0.425. The summed E-state index contributed by atoms with van der Waals surface area (Å²) in [5.41, 5.74) is 0.899. The Morgan fingerprint density at radius 2 is 2.20 bits per heavy atom. The molecule has 4 heteroatoms. The lowest BCUT2D eigenvalue weighted by Gasteiger charge is -2.03. The first-order chi connectivity index (χ1) is 7.24. The van der Waals surface area contributed by atoms with Gasteiger partial charge in [-0.25, -0.2) is 4.79 Å². The van der Waals surface area contributed by atoms with E-state index in [1.54, 1.807) is 19.1 Å². The molecule has 0 aliphatic rings. The van der Waals surface area contributed by atoms with E-state index >= 15 is 0 Å². The van der Waals surface area contributed by atoms with Crippen LogP contribution in [0.2, 0.25) is 0 Å². The van der Waals surface area contributed by atoms with Crippen molar-refractivity contribution < 1.29 is 14.4 Å². The monoisotopic (exact) mass is 207 g/mol. The number of hydrogen-bond donors (Lipinski definition) is 0. The van der Waals surface area contributed by atoms with Gasteiger partial charge in [-0.15, -0.1) is 0 Å². The molecule has 0 atom stereocenters. The second-order valence-electron chi connectivity index (χ2n) is 2.84. The summed E-state index contributed by atoms with van der Waals surface area (Å²) >= 11 is 0. The van der Waals surface area contributed by atoms with Gasteiger partial charge in [0.15, 0.2) is 6.21 Å². The number of carbonyl (C=O) groups excluding carboxylic acids is 1. The first kappa shape index (κ1) is 11.2. The summed E-state index contributed by atoms with van der Waals surface area (Å²) in [7, 11) is 0. The molecule has 80 valence electrons. The van der Waals surface area contributed by atoms with Crippen LogP contribution in [0.3, 0.4) is 0 Å². The second kappa shape index (κ2) is 5.80. The van der Waals surface area contributed by atoms with E-state index in [1.165, 1.54) is 0 Å². The van der Waals surface area contributed by atoms with E-state index in [4.69, 9.17) is 4.74 Å². The topological polar surface area (TPSA) is 47.9 Å². The summed E-state index contributed by atoms with van der Waals surface area (Å²) in [5.74, 6) is -0.0109. The van der Waals surface area contributed by atoms with Gasteiger partial charge in [-0.3, -0.25) is 0 Å². The van der Waals surface area contributed by atoms with Crippen molar-refractivity contribution in [3.63, 3.8) is 0 Å². The number of rotatable bonds is 4. The lowest BCUT2D eigenvalue weighted by molar-refractivity contribution is -0.126. The van der Waals surface area contributed by atoms with Gasteiger partial charge in [-0.1, -0.05) is 23.4 Å². The Balaban J connectivity index is 2.55. The Labute approximate surface area is 88.5 Å². The molecule has 0 spiro atoms. The fourth-order valence-electron chi connectivity index (χ4n) is 0.961. The molecule has 0 radical (unpaired) electrons. The zero-order valence-electron chi connectivity index (χ0n) is 8.77. The van der Waals surface area contributed by atoms with E-state index in [2.05, 4.69) is 9.99 Å². The van der Waals surface area contributed by atoms with Gasteiger partial charge in [0.05, 0.1) is 0 Å². The van der Waals surface area contributed by atoms with Crippen LogP contribution >= 0.6 is 0 Å². The molecular weight excluding hydrogens is 194 g/mol. The van der Waals surface area contributed by atoms with Crippen LogP contribution in [0.1, 0.15) is 12.5 Å². The number of aryl methyl sites for hydroxylation is 1. The summed E-state index contributed by atoms with van der Waals surface area (Å²) in [6, 6.07) is 7.26. The predicted molar refractivity (Wildman–Crippen MR) is 56.9 cm³/mol. The Kier molecular flexibility index (Phi) is 4.34. The highest BCUT2D eigenvalue weighted by molar-refractivity contribution is 6.23. The number of hydrogen-bond acceptors (Lipinski definition) is 4. The fraction of sp³-hybridized carbons (Fsp3) is 0.273. The molecule has 0 aliphatic carbocycles. The molecule has 0 amide bonds. The zero-order valence-corrected chi connectivity index (χ0v) is 8.77. The van der Waals surface area contributed by atoms with Crippen LogP contribution in [0.25, 0.3) is 0 Å². The third kappa shape index (κ3) is 3.81. The maximum atomic E-state index is 11.2. The maximum absolute atomic E-state index is 11.2. The molecule has 0 heterocycles. The molecule has 15 heavy (non-hydrogen) atoms. The fourth-order valence-corrected chi connectivity index (χ4v) is 0.961. The van der Waals surface area contributed by atoms with Crippen molar-refractivity contribution in [3.05, 3.63) is 29.8 Å². The minimum Gasteiger partial charge on any atom is -0.422 e. The van der Waals surface area contributed by atoms with E-state index in [0.29, 0.717) is 12.4 Å². The number of oxime groups is 1. The van der Waals surface area contributed by atoms with Gasteiger partial charge < -0.3 is 9.57 Å². The van der Waals surface area contributed by atoms with Gasteiger partial charge in [-0.2, -0.15) is 0 Å². The Morgan fingerprint density at radius 1 is 1.47 bits per heavy atom. The van der Waals surface area contributed by atoms with E-state index < -0.39 is 5.97 Å². The number of benzene rings is 1. The van der Waals surface area contributed by atoms with Crippen molar-refractivity contribution in [2.75, 3.05) is 6.61 Å². The first-order valence-electron chi connectivity index (χ1n) is 4.66. The number of nitrogens with zero attached hydrogens (tertiary/aromatic N) is 1. The van der Waals surface area contributed by atoms with Gasteiger partial charge in [0.1, 0.15) is 12.4 Å². The third-order valence-electron chi connectivity index (χ3n) is 1.67. The quantitative estimate of drug-likeness (QED) is 0.328. The highest BCUT2D eigenvalue weighted by Gasteiger charge is 2.03. The molecule has 0 saturated carbocycles. The lowest BCUT2D eigenvalue weighted by atomic mass is 10.2. The van der Waals surface area contributed by atoms with E-state index in [1.807, 2.05) is 19.1 Å². The first-order valence-corrected chi connectivity index (χ1v) is 4.66. The van der Waals surface area contributed by atoms with Crippen LogP contribution in [0.4, 0.5) is 0 Å². The van der Waals surface area contributed by atoms with E-state index in [0.717, 1.165) is 11.8 Å². The Bertz CT molecular complexity index is 361. The number of ether oxygens (including phenoxy) is 1. The van der Waals surface area contributed by atoms with Gasteiger partial charge in [-0.05, 0) is 25.5 Å². The summed E-state index contributed by atoms with van der Waals surface area (Å²) in [6.45, 7) is 4.07. The van der Waals surface area contributed by atoms with Crippen molar-refractivity contribution in [1.82, 2.24) is 0 Å². The van der Waals surface area contributed by atoms with Crippen molar-refractivity contribution in [3.8, 4) is 5.75 Å². The van der Waals surface area contributed by atoms with Crippen LogP contribution < -0.4 is 4.74 Å². The molecular formula is C11H13NO3. The van der Waals surface area contributed by atoms with Gasteiger partial charge in [0.25, 0.3) is 0 Å². The average Bonchev–Trinajstić information content (AvgIpc) is 2.22. The normalized spacial score (nSPS) is 10.3. The van der Waals surface area contributed by atoms with Gasteiger partial charge in [0.2, 0.25) is 0 Å². The molecule has 1 rings (SSSR count). The SMILES string of the molecule is CCO/N=C/C(=O)Oc1ccccc1C. The molecule has 0 aromatic heterocycles. The molecule has 1 aromatic carbocycles. The van der Waals surface area contributed by atoms with Gasteiger partial charge >= 0.3 is 5.97 Å². The maximum Gasteiger partial charge on any atom is 0.358 e. The zero-order chi connectivity index (χ0) is 11.1. The smallest absolute Gasteiger partial charge is 0.358 e. The van der Waals surface area contributed by atoms with Crippen LogP contribution in [0, 0.1) is 6.92 Å². The molecule has 4 nitrogen and oxygen atoms in total. The molecule has 0 unspecified atom stereocenters. The molecule has 0 bridgehead atoms. The Morgan fingerprint density at radius 3 is 2.87 bits per heavy atom. The summed E-state index contributed by atoms with van der Waals surface area (Å²) in [6.07, 6.45) is 1.01. The largest absolute Gasteiger partial charge is 0.422 e. The van der Waals surface area contributed by atoms with Crippen LogP contribution in [0.15, 0.2) is 29.4 Å². The molecule has 1 aromatic rings. The van der Waals surface area contributed by atoms with Crippen molar-refractivity contribution in [2.45, 2.75) is 13.8 Å². The van der Waals surface area contributed by atoms with Crippen LogP contribution in [-0.4, -0.2) is 18.8 Å². The third-order valence-corrected chi connectivity index (χ3v) is 1.67. The molecule has 0 N–H and O–H groups in total. The summed E-state index contributed by atoms with van der Waals surface area (Å²) < 4.78 is 5.02. The van der Waals surface area contributed by atoms with Crippen molar-refractivity contribution in [2.24, 2.45) is 5.16 Å². The standard InChI is InChI=1S/C11H13NO3/c1-3-14-12-8-11(13)15-10-7-5-4-6-9(10)2/h4-8H,3H2,1-2H3/b12-8+. The molecule has 0 aliphatic heterocycles. The molecule has 0 saturated heterocycles. The predicted octanol–water partition coefficient (Wildman–Crippen LogP) is 1.92. The lowest BCUT2D eigenvalue weighted by Crippen LogP contribution is -2.10. The summed E-state index contributed by atoms with van der Waals surface area (Å²) in [5, 5.41) is 3.42.